The van der Waals surface area contributed by atoms with E-state index in [1.165, 1.54) is 0 Å². The van der Waals surface area contributed by atoms with Crippen molar-refractivity contribution in [3.8, 4) is 0 Å². The molecule has 0 atom stereocenters. The molecule has 0 aromatic rings. The van der Waals surface area contributed by atoms with Crippen molar-refractivity contribution in [2.24, 2.45) is 0 Å². The molecule has 0 rings (SSSR count). The van der Waals surface area contributed by atoms with Gasteiger partial charge in [0.05, 0.1) is 0 Å². The predicted octanol–water partition coefficient (Wildman–Crippen LogP) is -0.859. The molecule has 0 amide bonds. The summed E-state index contributed by atoms with van der Waals surface area (Å²) in [5.74, 6) is 0. The minimum Gasteiger partial charge on any atom is -2.00 e. The van der Waals surface area contributed by atoms with Gasteiger partial charge >= 0.3 is 28.8 Å². The summed E-state index contributed by atoms with van der Waals surface area (Å²) in [6.07, 6.45) is 0. The molecular weight excluding hydrogens is 193 g/mol. The van der Waals surface area contributed by atoms with E-state index in [0.717, 1.165) is 0 Å². The normalized spacial score (nSPS) is 1.33. The molecule has 0 aromatic heterocycles. The van der Waals surface area contributed by atoms with Crippen molar-refractivity contribution in [3.63, 3.8) is 0 Å². The Bertz CT molecular complexity index is 28.5. The van der Waals surface area contributed by atoms with Crippen LogP contribution in [0.3, 0.4) is 0 Å². The van der Waals surface area contributed by atoms with Crippen molar-refractivity contribution < 1.29 is 39.4 Å². The molecule has 0 aliphatic rings. The monoisotopic (exact) mass is 194 g/mol. The second kappa shape index (κ2) is 55.1. The van der Waals surface area contributed by atoms with E-state index >= 15 is 0 Å². The van der Waals surface area contributed by atoms with Crippen LogP contribution in [-0.2, 0) is 39.4 Å². The molecule has 0 bridgehead atoms. The summed E-state index contributed by atoms with van der Waals surface area (Å²) < 4.78 is 16.8. The molecule has 0 spiro atoms. The standard InChI is InChI=1S/O2Si.2O.Ru/c1-3-2;;;/q;2*-2;+4. The maximum Gasteiger partial charge on any atom is 4.00 e. The Hall–Kier alpha value is 0.360. The molecular formula is O4RuSi. The molecule has 6 heteroatoms. The first-order valence-corrected chi connectivity index (χ1v) is 1.22. The van der Waals surface area contributed by atoms with Crippen molar-refractivity contribution in [1.82, 2.24) is 0 Å². The van der Waals surface area contributed by atoms with Gasteiger partial charge in [-0.1, -0.05) is 0 Å². The van der Waals surface area contributed by atoms with Gasteiger partial charge in [0, 0.05) is 0 Å². The van der Waals surface area contributed by atoms with E-state index in [2.05, 4.69) is 0 Å². The van der Waals surface area contributed by atoms with E-state index in [-0.39, 0.29) is 30.4 Å². The van der Waals surface area contributed by atoms with Gasteiger partial charge in [0.25, 0.3) is 0 Å². The Kier molecular flexibility index (Phi) is 301. The fourth-order valence-electron chi connectivity index (χ4n) is 0. The topological polar surface area (TPSA) is 91.1 Å². The molecule has 0 fully saturated rings. The fourth-order valence-corrected chi connectivity index (χ4v) is 0. The molecule has 0 radical (unpaired) electrons. The fraction of sp³-hybridized carbons (Fsp3) is 0. The Morgan fingerprint density at radius 2 is 1.00 bits per heavy atom. The first kappa shape index (κ1) is 32.8. The van der Waals surface area contributed by atoms with Crippen LogP contribution in [0, 0.1) is 0 Å². The first-order chi connectivity index (χ1) is 1.41. The first-order valence-electron chi connectivity index (χ1n) is 0.408. The van der Waals surface area contributed by atoms with Gasteiger partial charge < -0.3 is 11.0 Å². The molecule has 36 valence electrons. The molecule has 6 heavy (non-hydrogen) atoms. The third kappa shape index (κ3) is 379. The summed E-state index contributed by atoms with van der Waals surface area (Å²) in [6, 6.07) is 0. The number of hydrogen-bond acceptors (Lipinski definition) is 2. The number of hydrogen-bond donors (Lipinski definition) is 0. The third-order valence-corrected chi connectivity index (χ3v) is 0. The van der Waals surface area contributed by atoms with Crippen molar-refractivity contribution in [2.45, 2.75) is 0 Å². The molecule has 0 aromatic carbocycles. The predicted molar refractivity (Wildman–Crippen MR) is 8.50 cm³/mol. The van der Waals surface area contributed by atoms with Crippen molar-refractivity contribution in [2.75, 3.05) is 0 Å². The summed E-state index contributed by atoms with van der Waals surface area (Å²) in [5.41, 5.74) is 0. The average molecular weight is 193 g/mol. The van der Waals surface area contributed by atoms with Crippen LogP contribution in [0.4, 0.5) is 0 Å². The molecule has 0 N–H and O–H groups in total. The van der Waals surface area contributed by atoms with Gasteiger partial charge in [0.15, 0.2) is 0 Å². The van der Waals surface area contributed by atoms with Crippen LogP contribution in [0.15, 0.2) is 0 Å². The summed E-state index contributed by atoms with van der Waals surface area (Å²) in [5, 5.41) is 0. The zero-order valence-corrected chi connectivity index (χ0v) is 5.22. The smallest absolute Gasteiger partial charge is 2.00 e. The van der Waals surface area contributed by atoms with Crippen LogP contribution in [0.5, 0.6) is 0 Å². The Balaban J connectivity index is -0.00000000667. The van der Waals surface area contributed by atoms with E-state index in [1.54, 1.807) is 0 Å². The quantitative estimate of drug-likeness (QED) is 0.468. The van der Waals surface area contributed by atoms with E-state index < -0.39 is 9.29 Å². The molecule has 0 saturated heterocycles. The van der Waals surface area contributed by atoms with E-state index in [0.29, 0.717) is 0 Å². The molecule has 0 saturated carbocycles. The third-order valence-electron chi connectivity index (χ3n) is 0. The minimum atomic E-state index is -1.42. The molecule has 0 unspecified atom stereocenters. The second-order valence-corrected chi connectivity index (χ2v) is 0.250. The van der Waals surface area contributed by atoms with Crippen LogP contribution in [0.2, 0.25) is 0 Å². The minimum absolute atomic E-state index is 0. The molecule has 4 nitrogen and oxygen atoms in total. The van der Waals surface area contributed by atoms with Crippen molar-refractivity contribution in [1.29, 1.82) is 0 Å². The molecule has 0 heterocycles. The van der Waals surface area contributed by atoms with Gasteiger partial charge in [0.1, 0.15) is 0 Å². The van der Waals surface area contributed by atoms with E-state index in [1.807, 2.05) is 0 Å². The van der Waals surface area contributed by atoms with E-state index in [4.69, 9.17) is 8.92 Å². The van der Waals surface area contributed by atoms with Crippen LogP contribution < -0.4 is 0 Å². The van der Waals surface area contributed by atoms with Gasteiger partial charge in [-0.15, -0.1) is 0 Å². The summed E-state index contributed by atoms with van der Waals surface area (Å²) in [4.78, 5) is 0. The van der Waals surface area contributed by atoms with Gasteiger partial charge in [-0.2, -0.15) is 0 Å². The summed E-state index contributed by atoms with van der Waals surface area (Å²) in [6.45, 7) is 0. The van der Waals surface area contributed by atoms with Gasteiger partial charge in [0.2, 0.25) is 0 Å². The van der Waals surface area contributed by atoms with Gasteiger partial charge in [-0.05, 0) is 0 Å². The Labute approximate surface area is 49.2 Å². The van der Waals surface area contributed by atoms with Crippen molar-refractivity contribution >= 4 is 9.29 Å². The van der Waals surface area contributed by atoms with Crippen LogP contribution >= 0.6 is 0 Å². The zero-order valence-electron chi connectivity index (χ0n) is 2.49. The maximum absolute atomic E-state index is 8.40. The van der Waals surface area contributed by atoms with Gasteiger partial charge in [-0.3, -0.25) is 8.92 Å². The number of rotatable bonds is 0. The molecule has 0 aliphatic heterocycles. The van der Waals surface area contributed by atoms with Crippen LogP contribution in [-0.4, -0.2) is 9.29 Å². The summed E-state index contributed by atoms with van der Waals surface area (Å²) >= 11 is 0. The second-order valence-electron chi connectivity index (χ2n) is 0.0833. The Morgan fingerprint density at radius 3 is 1.00 bits per heavy atom. The summed E-state index contributed by atoms with van der Waals surface area (Å²) in [7, 11) is -1.42. The average Bonchev–Trinajstić information content (AvgIpc) is 0.918. The van der Waals surface area contributed by atoms with Crippen LogP contribution in [0.1, 0.15) is 0 Å². The van der Waals surface area contributed by atoms with Crippen LogP contribution in [0.25, 0.3) is 0 Å². The largest absolute Gasteiger partial charge is 4.00 e. The maximum atomic E-state index is 8.40. The Morgan fingerprint density at radius 1 is 1.00 bits per heavy atom. The molecule has 0 aliphatic carbocycles. The SMILES string of the molecule is O=[Si]=O.[O-2].[O-2].[Ru+4]. The van der Waals surface area contributed by atoms with E-state index in [9.17, 15) is 0 Å². The van der Waals surface area contributed by atoms with Gasteiger partial charge in [-0.25, -0.2) is 0 Å². The van der Waals surface area contributed by atoms with Crippen molar-refractivity contribution in [3.05, 3.63) is 0 Å². The zero-order chi connectivity index (χ0) is 2.71.